The van der Waals surface area contributed by atoms with Gasteiger partial charge in [0.2, 0.25) is 0 Å². The minimum atomic E-state index is -3.83. The van der Waals surface area contributed by atoms with E-state index in [0.29, 0.717) is 29.8 Å². The maximum atomic E-state index is 12.9. The van der Waals surface area contributed by atoms with E-state index in [-0.39, 0.29) is 53.4 Å². The molecule has 3 aromatic carbocycles. The van der Waals surface area contributed by atoms with E-state index in [2.05, 4.69) is 46.6 Å². The Bertz CT molecular complexity index is 1660. The number of aromatic carboxylic acids is 1. The zero-order valence-electron chi connectivity index (χ0n) is 22.8. The number of aromatic nitrogens is 1. The molecule has 2 N–H and O–H groups in total. The molecule has 1 aromatic heterocycles. The summed E-state index contributed by atoms with van der Waals surface area (Å²) in [6.07, 6.45) is 0. The van der Waals surface area contributed by atoms with Crippen molar-refractivity contribution in [1.82, 2.24) is 4.98 Å². The number of hydrogen-bond donors (Lipinski definition) is 2. The molecule has 1 aliphatic heterocycles. The lowest BCUT2D eigenvalue weighted by molar-refractivity contribution is 0.0699. The number of nitrogens with zero attached hydrogens (tertiary/aromatic N) is 3. The average molecular weight is 640 g/mol. The molecule has 0 atom stereocenters. The molecule has 0 spiro atoms. The van der Waals surface area contributed by atoms with Crippen LogP contribution in [0.15, 0.2) is 71.6 Å². The van der Waals surface area contributed by atoms with Gasteiger partial charge in [-0.05, 0) is 79.9 Å². The lowest BCUT2D eigenvalue weighted by Crippen LogP contribution is -2.47. The molecule has 1 saturated heterocycles. The van der Waals surface area contributed by atoms with Gasteiger partial charge in [-0.15, -0.1) is 37.2 Å². The number of rotatable bonds is 6. The van der Waals surface area contributed by atoms with Crippen molar-refractivity contribution in [3.05, 3.63) is 89.0 Å². The van der Waals surface area contributed by atoms with Gasteiger partial charge in [0.1, 0.15) is 5.82 Å². The zero-order valence-corrected chi connectivity index (χ0v) is 26.1. The number of nitrogens with one attached hydrogen (secondary N) is 1. The fourth-order valence-corrected chi connectivity index (χ4v) is 6.02. The van der Waals surface area contributed by atoms with Crippen LogP contribution in [0.4, 0.5) is 17.2 Å². The van der Waals surface area contributed by atoms with E-state index < -0.39 is 16.0 Å². The Balaban J connectivity index is 0.00000196. The number of anilines is 3. The van der Waals surface area contributed by atoms with Gasteiger partial charge in [-0.25, -0.2) is 18.2 Å². The fraction of sp³-hybridized carbons (Fsp3) is 0.241. The molecule has 0 unspecified atom stereocenters. The summed E-state index contributed by atoms with van der Waals surface area (Å²) in [6, 6.07) is 19.3. The van der Waals surface area contributed by atoms with Crippen molar-refractivity contribution >= 4 is 81.3 Å². The molecular weight excluding hydrogens is 607 g/mol. The summed E-state index contributed by atoms with van der Waals surface area (Å²) in [5.74, 6) is -0.491. The highest BCUT2D eigenvalue weighted by molar-refractivity contribution is 7.92. The first kappa shape index (κ1) is 34.0. The molecule has 2 heterocycles. The van der Waals surface area contributed by atoms with E-state index >= 15 is 0 Å². The van der Waals surface area contributed by atoms with Gasteiger partial charge in [0.15, 0.2) is 0 Å². The van der Waals surface area contributed by atoms with E-state index in [4.69, 9.17) is 4.98 Å². The van der Waals surface area contributed by atoms with Crippen molar-refractivity contribution in [2.75, 3.05) is 40.7 Å². The quantitative estimate of drug-likeness (QED) is 0.257. The van der Waals surface area contributed by atoms with Crippen LogP contribution in [0.25, 0.3) is 10.9 Å². The maximum Gasteiger partial charge on any atom is 0.336 e. The van der Waals surface area contributed by atoms with Gasteiger partial charge in [0.05, 0.1) is 16.0 Å². The van der Waals surface area contributed by atoms with Gasteiger partial charge in [-0.2, -0.15) is 0 Å². The third-order valence-electron chi connectivity index (χ3n) is 7.10. The number of carbonyl (C=O) groups is 1. The Kier molecular flexibility index (Phi) is 11.3. The number of halogens is 3. The second-order valence-electron chi connectivity index (χ2n) is 9.68. The zero-order chi connectivity index (χ0) is 27.0. The molecule has 4 aromatic rings. The monoisotopic (exact) mass is 638 g/mol. The standard InChI is InChI=1S/C29H30N4O4S.3ClH/c1-19-6-4-8-23(16-19)38(36,37)31-22-10-11-26-24(17-22)25(29(34)35)18-28(30-26)33-14-12-32(13-15-33)27-9-5-7-20(2)21(27)3;;;/h4-11,16-18,31H,12-15H2,1-3H3,(H,34,35);3*1H. The molecule has 0 saturated carbocycles. The second-order valence-corrected chi connectivity index (χ2v) is 11.4. The Morgan fingerprint density at radius 2 is 1.51 bits per heavy atom. The summed E-state index contributed by atoms with van der Waals surface area (Å²) in [6.45, 7) is 9.08. The molecule has 8 nitrogen and oxygen atoms in total. The largest absolute Gasteiger partial charge is 0.478 e. The SMILES string of the molecule is Cc1cccc(S(=O)(=O)Nc2ccc3nc(N4CCN(c5cccc(C)c5C)CC4)cc(C(=O)O)c3c2)c1.Cl.Cl.Cl. The van der Waals surface area contributed by atoms with E-state index in [1.54, 1.807) is 30.3 Å². The first-order valence-corrected chi connectivity index (χ1v) is 13.9. The number of piperazine rings is 1. The molecule has 0 aliphatic carbocycles. The molecule has 1 aliphatic rings. The summed E-state index contributed by atoms with van der Waals surface area (Å²) in [5.41, 5.74) is 5.43. The minimum absolute atomic E-state index is 0. The van der Waals surface area contributed by atoms with Gasteiger partial charge in [-0.1, -0.05) is 24.3 Å². The van der Waals surface area contributed by atoms with Crippen molar-refractivity contribution < 1.29 is 18.3 Å². The summed E-state index contributed by atoms with van der Waals surface area (Å²) in [5, 5.41) is 10.4. The van der Waals surface area contributed by atoms with Crippen molar-refractivity contribution in [3.8, 4) is 0 Å². The van der Waals surface area contributed by atoms with E-state index in [1.165, 1.54) is 28.9 Å². The van der Waals surface area contributed by atoms with Crippen LogP contribution < -0.4 is 14.5 Å². The molecule has 41 heavy (non-hydrogen) atoms. The summed E-state index contributed by atoms with van der Waals surface area (Å²) in [4.78, 5) is 21.6. The highest BCUT2D eigenvalue weighted by Gasteiger charge is 2.23. The predicted octanol–water partition coefficient (Wildman–Crippen LogP) is 6.25. The van der Waals surface area contributed by atoms with E-state index in [9.17, 15) is 18.3 Å². The van der Waals surface area contributed by atoms with Gasteiger partial charge in [0, 0.05) is 42.9 Å². The van der Waals surface area contributed by atoms with Crippen LogP contribution in [-0.2, 0) is 10.0 Å². The molecule has 5 rings (SSSR count). The molecule has 0 bridgehead atoms. The molecule has 0 amide bonds. The van der Waals surface area contributed by atoms with Gasteiger partial charge < -0.3 is 14.9 Å². The van der Waals surface area contributed by atoms with Crippen molar-refractivity contribution in [1.29, 1.82) is 0 Å². The Labute approximate surface area is 259 Å². The van der Waals surface area contributed by atoms with Crippen LogP contribution in [-0.4, -0.2) is 50.7 Å². The minimum Gasteiger partial charge on any atom is -0.478 e. The molecule has 1 fully saturated rings. The van der Waals surface area contributed by atoms with Crippen LogP contribution in [0.3, 0.4) is 0 Å². The number of sulfonamides is 1. The molecular formula is C29H33Cl3N4O4S. The Morgan fingerprint density at radius 3 is 2.17 bits per heavy atom. The molecule has 12 heteroatoms. The van der Waals surface area contributed by atoms with Crippen molar-refractivity contribution in [2.24, 2.45) is 0 Å². The average Bonchev–Trinajstić information content (AvgIpc) is 2.89. The van der Waals surface area contributed by atoms with Crippen LogP contribution in [0.1, 0.15) is 27.0 Å². The normalized spacial score (nSPS) is 13.0. The first-order valence-electron chi connectivity index (χ1n) is 12.5. The van der Waals surface area contributed by atoms with Gasteiger partial charge in [-0.3, -0.25) is 4.72 Å². The second kappa shape index (κ2) is 13.6. The summed E-state index contributed by atoms with van der Waals surface area (Å²) < 4.78 is 28.3. The number of carboxylic acids is 1. The van der Waals surface area contributed by atoms with Crippen LogP contribution >= 0.6 is 37.2 Å². The van der Waals surface area contributed by atoms with Crippen molar-refractivity contribution in [3.63, 3.8) is 0 Å². The number of pyridine rings is 1. The Hall–Kier alpha value is -3.24. The number of fused-ring (bicyclic) bond motifs is 1. The van der Waals surface area contributed by atoms with Gasteiger partial charge in [0.25, 0.3) is 10.0 Å². The third kappa shape index (κ3) is 7.16. The summed E-state index contributed by atoms with van der Waals surface area (Å²) >= 11 is 0. The number of hydrogen-bond acceptors (Lipinski definition) is 6. The van der Waals surface area contributed by atoms with Crippen LogP contribution in [0.2, 0.25) is 0 Å². The third-order valence-corrected chi connectivity index (χ3v) is 8.48. The molecule has 0 radical (unpaired) electrons. The lowest BCUT2D eigenvalue weighted by atomic mass is 10.1. The van der Waals surface area contributed by atoms with Gasteiger partial charge >= 0.3 is 5.97 Å². The number of carboxylic acid groups (broad SMARTS) is 1. The molecule has 220 valence electrons. The predicted molar refractivity (Wildman–Crippen MR) is 173 cm³/mol. The number of benzene rings is 3. The Morgan fingerprint density at radius 1 is 0.854 bits per heavy atom. The number of aryl methyl sites for hydroxylation is 2. The van der Waals surface area contributed by atoms with E-state index in [0.717, 1.165) is 18.7 Å². The highest BCUT2D eigenvalue weighted by Crippen LogP contribution is 2.29. The smallest absolute Gasteiger partial charge is 0.336 e. The van der Waals surface area contributed by atoms with Crippen LogP contribution in [0, 0.1) is 20.8 Å². The highest BCUT2D eigenvalue weighted by atomic mass is 35.5. The lowest BCUT2D eigenvalue weighted by Gasteiger charge is -2.37. The maximum absolute atomic E-state index is 12.9. The topological polar surface area (TPSA) is 103 Å². The van der Waals surface area contributed by atoms with Crippen LogP contribution in [0.5, 0.6) is 0 Å². The summed E-state index contributed by atoms with van der Waals surface area (Å²) in [7, 11) is -3.83. The fourth-order valence-electron chi connectivity index (χ4n) is 4.87. The van der Waals surface area contributed by atoms with Crippen molar-refractivity contribution in [2.45, 2.75) is 25.7 Å². The first-order chi connectivity index (χ1) is 18.1. The van der Waals surface area contributed by atoms with E-state index in [1.807, 2.05) is 13.0 Å².